The molecule has 2 rings (SSSR count). The fourth-order valence-electron chi connectivity index (χ4n) is 2.47. The van der Waals surface area contributed by atoms with E-state index in [2.05, 4.69) is 17.6 Å². The van der Waals surface area contributed by atoms with E-state index in [1.807, 2.05) is 32.0 Å². The van der Waals surface area contributed by atoms with Crippen LogP contribution in [0.2, 0.25) is 0 Å². The molecule has 0 unspecified atom stereocenters. The van der Waals surface area contributed by atoms with E-state index in [0.29, 0.717) is 6.04 Å². The summed E-state index contributed by atoms with van der Waals surface area (Å²) in [4.78, 5) is 12.3. The van der Waals surface area contributed by atoms with Gasteiger partial charge in [-0.05, 0) is 51.8 Å². The Morgan fingerprint density at radius 1 is 1.39 bits per heavy atom. The summed E-state index contributed by atoms with van der Waals surface area (Å²) < 4.78 is 0. The largest absolute Gasteiger partial charge is 0.348 e. The Labute approximate surface area is 109 Å². The molecule has 0 bridgehead atoms. The number of benzene rings is 1. The first-order valence-electron chi connectivity index (χ1n) is 6.69. The lowest BCUT2D eigenvalue weighted by molar-refractivity contribution is 0.0919. The van der Waals surface area contributed by atoms with E-state index < -0.39 is 0 Å². The molecular formula is C15H22N2O. The molecule has 0 aromatic heterocycles. The maximum Gasteiger partial charge on any atom is 0.251 e. The van der Waals surface area contributed by atoms with Crippen molar-refractivity contribution in [2.24, 2.45) is 0 Å². The maximum atomic E-state index is 12.3. The van der Waals surface area contributed by atoms with Crippen LogP contribution in [0.25, 0.3) is 0 Å². The Morgan fingerprint density at radius 2 is 2.17 bits per heavy atom. The van der Waals surface area contributed by atoms with Crippen molar-refractivity contribution in [2.75, 3.05) is 6.54 Å². The molecular weight excluding hydrogens is 224 g/mol. The number of carbonyl (C=O) groups excluding carboxylic acids is 1. The predicted molar refractivity (Wildman–Crippen MR) is 73.9 cm³/mol. The van der Waals surface area contributed by atoms with Crippen LogP contribution in [-0.2, 0) is 0 Å². The first kappa shape index (κ1) is 13.1. The predicted octanol–water partition coefficient (Wildman–Crippen LogP) is 2.17. The molecule has 1 aromatic carbocycles. The topological polar surface area (TPSA) is 41.1 Å². The normalized spacial score (nSPS) is 23.7. The number of amides is 1. The summed E-state index contributed by atoms with van der Waals surface area (Å²) in [5.74, 6) is 0.0525. The van der Waals surface area contributed by atoms with Crippen molar-refractivity contribution in [2.45, 2.75) is 45.7 Å². The van der Waals surface area contributed by atoms with Gasteiger partial charge in [0.2, 0.25) is 0 Å². The second-order valence-electron chi connectivity index (χ2n) is 5.28. The summed E-state index contributed by atoms with van der Waals surface area (Å²) in [7, 11) is 0. The molecule has 1 saturated heterocycles. The van der Waals surface area contributed by atoms with Gasteiger partial charge in [-0.15, -0.1) is 0 Å². The van der Waals surface area contributed by atoms with Gasteiger partial charge in [-0.3, -0.25) is 4.79 Å². The summed E-state index contributed by atoms with van der Waals surface area (Å²) in [5, 5.41) is 6.55. The van der Waals surface area contributed by atoms with Crippen molar-refractivity contribution < 1.29 is 4.79 Å². The smallest absolute Gasteiger partial charge is 0.251 e. The molecule has 0 saturated carbocycles. The van der Waals surface area contributed by atoms with Crippen LogP contribution in [0.1, 0.15) is 41.3 Å². The quantitative estimate of drug-likeness (QED) is 0.839. The van der Waals surface area contributed by atoms with E-state index in [0.717, 1.165) is 36.1 Å². The molecule has 0 aliphatic carbocycles. The van der Waals surface area contributed by atoms with Crippen molar-refractivity contribution in [3.63, 3.8) is 0 Å². The highest BCUT2D eigenvalue weighted by Gasteiger charge is 2.23. The lowest BCUT2D eigenvalue weighted by Crippen LogP contribution is -2.52. The van der Waals surface area contributed by atoms with Gasteiger partial charge in [0, 0.05) is 17.6 Å². The van der Waals surface area contributed by atoms with Crippen LogP contribution in [0, 0.1) is 13.8 Å². The number of carbonyl (C=O) groups is 1. The summed E-state index contributed by atoms with van der Waals surface area (Å²) in [6, 6.07) is 6.61. The van der Waals surface area contributed by atoms with Gasteiger partial charge < -0.3 is 10.6 Å². The summed E-state index contributed by atoms with van der Waals surface area (Å²) in [6.45, 7) is 7.18. The zero-order valence-corrected chi connectivity index (χ0v) is 11.4. The molecule has 18 heavy (non-hydrogen) atoms. The number of rotatable bonds is 2. The number of aryl methyl sites for hydroxylation is 2. The van der Waals surface area contributed by atoms with Gasteiger partial charge in [0.1, 0.15) is 0 Å². The molecule has 1 aromatic rings. The maximum absolute atomic E-state index is 12.3. The number of hydrogen-bond donors (Lipinski definition) is 2. The third-order valence-electron chi connectivity index (χ3n) is 3.72. The Bertz CT molecular complexity index is 442. The van der Waals surface area contributed by atoms with Crippen LogP contribution in [0.15, 0.2) is 18.2 Å². The minimum atomic E-state index is 0.0525. The van der Waals surface area contributed by atoms with E-state index >= 15 is 0 Å². The zero-order chi connectivity index (χ0) is 13.1. The minimum absolute atomic E-state index is 0.0525. The molecule has 1 fully saturated rings. The zero-order valence-electron chi connectivity index (χ0n) is 11.4. The van der Waals surface area contributed by atoms with Crippen molar-refractivity contribution >= 4 is 5.91 Å². The van der Waals surface area contributed by atoms with Gasteiger partial charge >= 0.3 is 0 Å². The molecule has 98 valence electrons. The van der Waals surface area contributed by atoms with E-state index in [1.54, 1.807) is 0 Å². The SMILES string of the molecule is Cc1ccc(C)c(C(=O)N[C@@H]2CCCN[C@H]2C)c1. The second-order valence-corrected chi connectivity index (χ2v) is 5.28. The fourth-order valence-corrected chi connectivity index (χ4v) is 2.47. The molecule has 1 amide bonds. The van der Waals surface area contributed by atoms with Crippen LogP contribution in [0.3, 0.4) is 0 Å². The van der Waals surface area contributed by atoms with E-state index in [9.17, 15) is 4.79 Å². The first-order valence-corrected chi connectivity index (χ1v) is 6.69. The molecule has 3 heteroatoms. The van der Waals surface area contributed by atoms with Gasteiger partial charge in [0.25, 0.3) is 5.91 Å². The first-order chi connectivity index (χ1) is 8.58. The Hall–Kier alpha value is -1.35. The van der Waals surface area contributed by atoms with E-state index in [4.69, 9.17) is 0 Å². The fraction of sp³-hybridized carbons (Fsp3) is 0.533. The second kappa shape index (κ2) is 5.53. The highest BCUT2D eigenvalue weighted by Crippen LogP contribution is 2.13. The third kappa shape index (κ3) is 2.91. The van der Waals surface area contributed by atoms with Crippen LogP contribution >= 0.6 is 0 Å². The molecule has 3 nitrogen and oxygen atoms in total. The van der Waals surface area contributed by atoms with Crippen LogP contribution in [0.4, 0.5) is 0 Å². The average Bonchev–Trinajstić information content (AvgIpc) is 2.35. The lowest BCUT2D eigenvalue weighted by atomic mass is 9.98. The monoisotopic (exact) mass is 246 g/mol. The van der Waals surface area contributed by atoms with Crippen molar-refractivity contribution in [3.05, 3.63) is 34.9 Å². The van der Waals surface area contributed by atoms with E-state index in [-0.39, 0.29) is 11.9 Å². The van der Waals surface area contributed by atoms with Crippen LogP contribution < -0.4 is 10.6 Å². The van der Waals surface area contributed by atoms with Crippen molar-refractivity contribution in [1.29, 1.82) is 0 Å². The van der Waals surface area contributed by atoms with Gasteiger partial charge in [0.05, 0.1) is 0 Å². The minimum Gasteiger partial charge on any atom is -0.348 e. The van der Waals surface area contributed by atoms with Gasteiger partial charge in [0.15, 0.2) is 0 Å². The van der Waals surface area contributed by atoms with Crippen molar-refractivity contribution in [3.8, 4) is 0 Å². The standard InChI is InChI=1S/C15H22N2O/c1-10-6-7-11(2)13(9-10)15(18)17-14-5-4-8-16-12(14)3/h6-7,9,12,14,16H,4-5,8H2,1-3H3,(H,17,18)/t12-,14+/m0/s1. The van der Waals surface area contributed by atoms with Crippen LogP contribution in [0.5, 0.6) is 0 Å². The number of piperidine rings is 1. The summed E-state index contributed by atoms with van der Waals surface area (Å²) >= 11 is 0. The number of nitrogens with one attached hydrogen (secondary N) is 2. The summed E-state index contributed by atoms with van der Waals surface area (Å²) in [6.07, 6.45) is 2.19. The molecule has 1 heterocycles. The lowest BCUT2D eigenvalue weighted by Gasteiger charge is -2.30. The van der Waals surface area contributed by atoms with E-state index in [1.165, 1.54) is 0 Å². The average molecular weight is 246 g/mol. The third-order valence-corrected chi connectivity index (χ3v) is 3.72. The molecule has 2 N–H and O–H groups in total. The highest BCUT2D eigenvalue weighted by atomic mass is 16.1. The highest BCUT2D eigenvalue weighted by molar-refractivity contribution is 5.96. The Balaban J connectivity index is 2.09. The Kier molecular flexibility index (Phi) is 4.02. The molecule has 0 spiro atoms. The molecule has 2 atom stereocenters. The Morgan fingerprint density at radius 3 is 2.89 bits per heavy atom. The molecule has 0 radical (unpaired) electrons. The van der Waals surface area contributed by atoms with Gasteiger partial charge in [-0.1, -0.05) is 17.7 Å². The van der Waals surface area contributed by atoms with Crippen LogP contribution in [-0.4, -0.2) is 24.5 Å². The van der Waals surface area contributed by atoms with Gasteiger partial charge in [-0.25, -0.2) is 0 Å². The molecule has 1 aliphatic rings. The van der Waals surface area contributed by atoms with Crippen molar-refractivity contribution in [1.82, 2.24) is 10.6 Å². The number of hydrogen-bond acceptors (Lipinski definition) is 2. The molecule has 1 aliphatic heterocycles. The van der Waals surface area contributed by atoms with Gasteiger partial charge in [-0.2, -0.15) is 0 Å². The summed E-state index contributed by atoms with van der Waals surface area (Å²) in [5.41, 5.74) is 2.96.